The fourth-order valence-corrected chi connectivity index (χ4v) is 2.82. The van der Waals surface area contributed by atoms with Crippen LogP contribution in [0.15, 0.2) is 66.7 Å². The molecule has 5 nitrogen and oxygen atoms in total. The number of ether oxygens (including phenoxy) is 1. The third kappa shape index (κ3) is 3.98. The van der Waals surface area contributed by atoms with Crippen molar-refractivity contribution in [1.82, 2.24) is 0 Å². The molecule has 0 aromatic heterocycles. The first-order valence-corrected chi connectivity index (χ1v) is 8.40. The zero-order chi connectivity index (χ0) is 18.4. The molecule has 2 aromatic carbocycles. The number of hydrogen-bond donors (Lipinski definition) is 1. The molecular weight excluding hydrogens is 328 g/mol. The summed E-state index contributed by atoms with van der Waals surface area (Å²) in [7, 11) is 0. The van der Waals surface area contributed by atoms with E-state index in [0.717, 1.165) is 0 Å². The molecule has 130 valence electrons. The number of amides is 1. The van der Waals surface area contributed by atoms with Gasteiger partial charge in [-0.25, -0.2) is 0 Å². The number of ketones is 1. The summed E-state index contributed by atoms with van der Waals surface area (Å²) in [6, 6.07) is 17.9. The van der Waals surface area contributed by atoms with Gasteiger partial charge in [-0.15, -0.1) is 0 Å². The maximum Gasteiger partial charge on any atom is 0.249 e. The van der Waals surface area contributed by atoms with E-state index in [-0.39, 0.29) is 11.7 Å². The Morgan fingerprint density at radius 2 is 1.69 bits per heavy atom. The predicted octanol–water partition coefficient (Wildman–Crippen LogP) is 4.09. The molecule has 0 radical (unpaired) electrons. The van der Waals surface area contributed by atoms with Crippen LogP contribution in [0.5, 0.6) is 11.5 Å². The summed E-state index contributed by atoms with van der Waals surface area (Å²) in [5.41, 5.74) is 0.416. The van der Waals surface area contributed by atoms with Gasteiger partial charge in [0.2, 0.25) is 5.91 Å². The van der Waals surface area contributed by atoms with Crippen molar-refractivity contribution in [3.8, 4) is 17.6 Å². The molecule has 0 spiro atoms. The molecule has 1 N–H and O–H groups in total. The average molecular weight is 346 g/mol. The highest BCUT2D eigenvalue weighted by molar-refractivity contribution is 6.10. The Morgan fingerprint density at radius 1 is 1.04 bits per heavy atom. The molecule has 2 aromatic rings. The molecule has 0 heterocycles. The van der Waals surface area contributed by atoms with Crippen molar-refractivity contribution in [1.29, 1.82) is 5.26 Å². The first kappa shape index (κ1) is 17.4. The van der Waals surface area contributed by atoms with Crippen LogP contribution < -0.4 is 10.1 Å². The number of hydrogen-bond acceptors (Lipinski definition) is 4. The monoisotopic (exact) mass is 346 g/mol. The molecule has 5 heteroatoms. The number of Topliss-reactive ketones (excluding diaryl/α,β-unsaturated/α-hetero) is 1. The molecule has 1 aliphatic carbocycles. The van der Waals surface area contributed by atoms with Gasteiger partial charge in [0.1, 0.15) is 5.75 Å². The van der Waals surface area contributed by atoms with Gasteiger partial charge >= 0.3 is 0 Å². The number of rotatable bonds is 6. The summed E-state index contributed by atoms with van der Waals surface area (Å²) in [6.07, 6.45) is 4.96. The molecular formula is C21H18N2O3. The summed E-state index contributed by atoms with van der Waals surface area (Å²) >= 11 is 0. The Hall–Kier alpha value is -3.39. The lowest BCUT2D eigenvalue weighted by Gasteiger charge is -2.15. The van der Waals surface area contributed by atoms with Crippen LogP contribution in [0.25, 0.3) is 0 Å². The summed E-state index contributed by atoms with van der Waals surface area (Å²) < 4.78 is 5.79. The van der Waals surface area contributed by atoms with Gasteiger partial charge in [-0.1, -0.05) is 42.5 Å². The molecule has 1 aliphatic rings. The van der Waals surface area contributed by atoms with Crippen LogP contribution in [0, 0.1) is 23.2 Å². The minimum absolute atomic E-state index is 0.291. The van der Waals surface area contributed by atoms with Crippen LogP contribution in [0.3, 0.4) is 0 Å². The van der Waals surface area contributed by atoms with E-state index < -0.39 is 11.8 Å². The molecule has 0 bridgehead atoms. The van der Waals surface area contributed by atoms with Gasteiger partial charge in [0, 0.05) is 5.92 Å². The molecule has 0 unspecified atom stereocenters. The Balaban J connectivity index is 1.74. The normalized spacial score (nSPS) is 14.4. The number of carbonyl (C=O) groups excluding carboxylic acids is 2. The van der Waals surface area contributed by atoms with Crippen LogP contribution in [0.2, 0.25) is 0 Å². The molecule has 0 saturated heterocycles. The fourth-order valence-electron chi connectivity index (χ4n) is 2.82. The average Bonchev–Trinajstić information content (AvgIpc) is 3.19. The fraction of sp³-hybridized carbons (Fsp3) is 0.190. The topological polar surface area (TPSA) is 79.2 Å². The van der Waals surface area contributed by atoms with Gasteiger partial charge in [0.25, 0.3) is 0 Å². The second-order valence-electron chi connectivity index (χ2n) is 6.00. The molecule has 0 fully saturated rings. The SMILES string of the molecule is N#C[C@@H](C(=O)Nc1ccccc1Oc1ccccc1)C(=O)C1CC=CC1. The van der Waals surface area contributed by atoms with E-state index in [2.05, 4.69) is 5.32 Å². The van der Waals surface area contributed by atoms with Crippen LogP contribution in [0.4, 0.5) is 5.69 Å². The quantitative estimate of drug-likeness (QED) is 0.631. The highest BCUT2D eigenvalue weighted by atomic mass is 16.5. The minimum atomic E-state index is -1.33. The maximum absolute atomic E-state index is 12.5. The van der Waals surface area contributed by atoms with Crippen molar-refractivity contribution in [3.63, 3.8) is 0 Å². The lowest BCUT2D eigenvalue weighted by molar-refractivity contribution is -0.131. The third-order valence-electron chi connectivity index (χ3n) is 4.20. The second-order valence-corrected chi connectivity index (χ2v) is 6.00. The smallest absolute Gasteiger partial charge is 0.249 e. The predicted molar refractivity (Wildman–Crippen MR) is 97.6 cm³/mol. The number of para-hydroxylation sites is 3. The second kappa shape index (κ2) is 8.13. The van der Waals surface area contributed by atoms with Gasteiger partial charge in [-0.3, -0.25) is 9.59 Å². The summed E-state index contributed by atoms with van der Waals surface area (Å²) in [4.78, 5) is 24.9. The molecule has 0 saturated carbocycles. The van der Waals surface area contributed by atoms with E-state index in [1.54, 1.807) is 36.4 Å². The van der Waals surface area contributed by atoms with Gasteiger partial charge < -0.3 is 10.1 Å². The molecule has 26 heavy (non-hydrogen) atoms. The Kier molecular flexibility index (Phi) is 5.45. The Labute approximate surface area is 151 Å². The van der Waals surface area contributed by atoms with E-state index in [1.165, 1.54) is 0 Å². The Bertz CT molecular complexity index is 860. The van der Waals surface area contributed by atoms with Crippen LogP contribution >= 0.6 is 0 Å². The van der Waals surface area contributed by atoms with Crippen LogP contribution in [-0.4, -0.2) is 11.7 Å². The van der Waals surface area contributed by atoms with E-state index in [0.29, 0.717) is 30.0 Å². The summed E-state index contributed by atoms with van der Waals surface area (Å²) in [6.45, 7) is 0. The standard InChI is InChI=1S/C21H18N2O3/c22-14-17(20(24)15-8-4-5-9-15)21(25)23-18-12-6-7-13-19(18)26-16-10-2-1-3-11-16/h1-7,10-13,15,17H,8-9H2,(H,23,25)/t17-/m1/s1. The summed E-state index contributed by atoms with van der Waals surface area (Å²) in [5.74, 6) is -1.52. The van der Waals surface area contributed by atoms with E-state index >= 15 is 0 Å². The van der Waals surface area contributed by atoms with E-state index in [9.17, 15) is 14.9 Å². The van der Waals surface area contributed by atoms with Gasteiger partial charge in [0.05, 0.1) is 11.8 Å². The van der Waals surface area contributed by atoms with Crippen molar-refractivity contribution in [2.24, 2.45) is 11.8 Å². The van der Waals surface area contributed by atoms with Crippen LogP contribution in [-0.2, 0) is 9.59 Å². The number of allylic oxidation sites excluding steroid dienone is 2. The van der Waals surface area contributed by atoms with Crippen LogP contribution in [0.1, 0.15) is 12.8 Å². The molecule has 3 rings (SSSR count). The van der Waals surface area contributed by atoms with Crippen molar-refractivity contribution in [3.05, 3.63) is 66.7 Å². The summed E-state index contributed by atoms with van der Waals surface area (Å²) in [5, 5.41) is 12.0. The van der Waals surface area contributed by atoms with E-state index in [4.69, 9.17) is 4.74 Å². The van der Waals surface area contributed by atoms with Crippen molar-refractivity contribution < 1.29 is 14.3 Å². The first-order chi connectivity index (χ1) is 12.7. The van der Waals surface area contributed by atoms with Crippen molar-refractivity contribution in [2.75, 3.05) is 5.32 Å². The lowest BCUT2D eigenvalue weighted by Crippen LogP contribution is -2.32. The van der Waals surface area contributed by atoms with Crippen molar-refractivity contribution >= 4 is 17.4 Å². The molecule has 1 atom stereocenters. The highest BCUT2D eigenvalue weighted by Crippen LogP contribution is 2.30. The maximum atomic E-state index is 12.5. The molecule has 0 aliphatic heterocycles. The first-order valence-electron chi connectivity index (χ1n) is 8.40. The molecule has 1 amide bonds. The number of benzene rings is 2. The zero-order valence-electron chi connectivity index (χ0n) is 14.1. The van der Waals surface area contributed by atoms with Gasteiger partial charge in [-0.05, 0) is 37.1 Å². The number of nitriles is 1. The number of carbonyl (C=O) groups is 2. The zero-order valence-corrected chi connectivity index (χ0v) is 14.1. The number of anilines is 1. The lowest BCUT2D eigenvalue weighted by atomic mass is 9.91. The largest absolute Gasteiger partial charge is 0.455 e. The number of nitrogens with zero attached hydrogens (tertiary/aromatic N) is 1. The van der Waals surface area contributed by atoms with Crippen molar-refractivity contribution in [2.45, 2.75) is 12.8 Å². The van der Waals surface area contributed by atoms with E-state index in [1.807, 2.05) is 36.4 Å². The van der Waals surface area contributed by atoms with Gasteiger partial charge in [-0.2, -0.15) is 5.26 Å². The third-order valence-corrected chi connectivity index (χ3v) is 4.20. The number of nitrogens with one attached hydrogen (secondary N) is 1. The van der Waals surface area contributed by atoms with Gasteiger partial charge in [0.15, 0.2) is 17.5 Å². The Morgan fingerprint density at radius 3 is 2.38 bits per heavy atom. The minimum Gasteiger partial charge on any atom is -0.455 e. The highest BCUT2D eigenvalue weighted by Gasteiger charge is 2.33.